The van der Waals surface area contributed by atoms with Crippen LogP contribution in [-0.4, -0.2) is 29.4 Å². The third-order valence-electron chi connectivity index (χ3n) is 5.05. The second-order valence-corrected chi connectivity index (χ2v) is 7.96. The van der Waals surface area contributed by atoms with E-state index in [4.69, 9.17) is 5.11 Å². The third kappa shape index (κ3) is 19.4. The minimum atomic E-state index is -1.21. The van der Waals surface area contributed by atoms with Gasteiger partial charge in [-0.25, -0.2) is 9.59 Å². The number of ketones is 1. The van der Waals surface area contributed by atoms with Crippen molar-refractivity contribution in [3.8, 4) is 0 Å². The van der Waals surface area contributed by atoms with Crippen molar-refractivity contribution < 1.29 is 24.2 Å². The molecule has 1 N–H and O–H groups in total. The predicted octanol–water partition coefficient (Wildman–Crippen LogP) is 6.39. The van der Waals surface area contributed by atoms with Crippen LogP contribution in [0.3, 0.4) is 0 Å². The molecule has 0 radical (unpaired) electrons. The lowest BCUT2D eigenvalue weighted by atomic mass is 10.0. The summed E-state index contributed by atoms with van der Waals surface area (Å²) in [6.07, 6.45) is 20.9. The Labute approximate surface area is 177 Å². The van der Waals surface area contributed by atoms with E-state index in [0.29, 0.717) is 6.42 Å². The number of hydrogen-bond acceptors (Lipinski definition) is 4. The van der Waals surface area contributed by atoms with Gasteiger partial charge in [-0.05, 0) is 19.4 Å². The number of unbranched alkanes of at least 4 members (excludes halogenated alkanes) is 14. The van der Waals surface area contributed by atoms with E-state index in [1.54, 1.807) is 0 Å². The largest absolute Gasteiger partial charge is 0.479 e. The fourth-order valence-corrected chi connectivity index (χ4v) is 3.28. The number of esters is 1. The monoisotopic (exact) mass is 410 g/mol. The summed E-state index contributed by atoms with van der Waals surface area (Å²) in [6, 6.07) is 0. The number of carbonyl (C=O) groups is 3. The molecule has 0 saturated heterocycles. The van der Waals surface area contributed by atoms with Gasteiger partial charge in [-0.1, -0.05) is 96.8 Å². The van der Waals surface area contributed by atoms with Gasteiger partial charge in [0, 0.05) is 12.0 Å². The lowest BCUT2D eigenvalue weighted by Gasteiger charge is -2.03. The molecule has 0 spiro atoms. The van der Waals surface area contributed by atoms with E-state index in [2.05, 4.69) is 11.7 Å². The van der Waals surface area contributed by atoms with E-state index >= 15 is 0 Å². The van der Waals surface area contributed by atoms with Gasteiger partial charge in [-0.2, -0.15) is 0 Å². The zero-order valence-electron chi connectivity index (χ0n) is 18.7. The van der Waals surface area contributed by atoms with Gasteiger partial charge in [0.05, 0.1) is 0 Å². The molecule has 0 aromatic carbocycles. The molecule has 0 aromatic rings. The van der Waals surface area contributed by atoms with E-state index in [-0.39, 0.29) is 11.4 Å². The van der Waals surface area contributed by atoms with Crippen LogP contribution < -0.4 is 0 Å². The lowest BCUT2D eigenvalue weighted by Crippen LogP contribution is -2.14. The molecule has 0 aromatic heterocycles. The van der Waals surface area contributed by atoms with E-state index in [1.807, 2.05) is 0 Å². The number of hydrogen-bond donors (Lipinski definition) is 1. The number of aliphatic carboxylic acids is 1. The Morgan fingerprint density at radius 3 is 1.55 bits per heavy atom. The molecule has 0 fully saturated rings. The molecule has 0 aliphatic rings. The minimum Gasteiger partial charge on any atom is -0.479 e. The molecule has 0 atom stereocenters. The Bertz CT molecular complexity index is 482. The number of allylic oxidation sites excluding steroid dienone is 1. The summed E-state index contributed by atoms with van der Waals surface area (Å²) in [7, 11) is 0. The van der Waals surface area contributed by atoms with Crippen LogP contribution >= 0.6 is 0 Å². The summed E-state index contributed by atoms with van der Waals surface area (Å²) in [6.45, 7) is 3.04. The highest BCUT2D eigenvalue weighted by atomic mass is 16.5. The molecule has 0 amide bonds. The van der Waals surface area contributed by atoms with Gasteiger partial charge in [-0.3, -0.25) is 4.79 Å². The highest BCUT2D eigenvalue weighted by Crippen LogP contribution is 2.14. The first-order chi connectivity index (χ1) is 14.0. The second kappa shape index (κ2) is 19.7. The molecule has 0 saturated carbocycles. The van der Waals surface area contributed by atoms with Gasteiger partial charge in [0.2, 0.25) is 0 Å². The normalized spacial score (nSPS) is 11.4. The molecule has 0 aliphatic heterocycles. The standard InChI is InChI=1S/C24H42O5/c1-3-4-5-6-7-8-9-10-11-12-13-14-15-16-17-18-22(25)19-21(2)24(28)29-20-23(26)27/h19H,3-18,20H2,1-2H3,(H,26,27). The molecular formula is C24H42O5. The smallest absolute Gasteiger partial charge is 0.341 e. The molecular weight excluding hydrogens is 368 g/mol. The van der Waals surface area contributed by atoms with Gasteiger partial charge in [-0.15, -0.1) is 0 Å². The van der Waals surface area contributed by atoms with E-state index in [0.717, 1.165) is 19.3 Å². The molecule has 168 valence electrons. The van der Waals surface area contributed by atoms with Crippen molar-refractivity contribution in [2.24, 2.45) is 0 Å². The topological polar surface area (TPSA) is 80.7 Å². The fraction of sp³-hybridized carbons (Fsp3) is 0.792. The third-order valence-corrected chi connectivity index (χ3v) is 5.05. The van der Waals surface area contributed by atoms with Crippen molar-refractivity contribution in [2.45, 2.75) is 117 Å². The minimum absolute atomic E-state index is 0.107. The van der Waals surface area contributed by atoms with Gasteiger partial charge in [0.1, 0.15) is 0 Å². The van der Waals surface area contributed by atoms with Crippen LogP contribution in [0.1, 0.15) is 117 Å². The second-order valence-electron chi connectivity index (χ2n) is 7.96. The summed E-state index contributed by atoms with van der Waals surface area (Å²) in [5, 5.41) is 8.46. The molecule has 0 rings (SSSR count). The Hall–Kier alpha value is -1.65. The first-order valence-corrected chi connectivity index (χ1v) is 11.6. The number of carbonyl (C=O) groups excluding carboxylic acids is 2. The maximum Gasteiger partial charge on any atom is 0.341 e. The Balaban J connectivity index is 3.47. The van der Waals surface area contributed by atoms with Crippen LogP contribution in [0.5, 0.6) is 0 Å². The summed E-state index contributed by atoms with van der Waals surface area (Å²) in [5.74, 6) is -2.07. The number of carboxylic acid groups (broad SMARTS) is 1. The van der Waals surface area contributed by atoms with Crippen molar-refractivity contribution >= 4 is 17.7 Å². The zero-order chi connectivity index (χ0) is 21.7. The first kappa shape index (κ1) is 27.4. The SMILES string of the molecule is CCCCCCCCCCCCCCCCCC(=O)C=C(C)C(=O)OCC(=O)O. The van der Waals surface area contributed by atoms with Crippen molar-refractivity contribution in [3.63, 3.8) is 0 Å². The summed E-state index contributed by atoms with van der Waals surface area (Å²) in [5.41, 5.74) is 0.150. The van der Waals surface area contributed by atoms with Crippen molar-refractivity contribution in [3.05, 3.63) is 11.6 Å². The number of ether oxygens (including phenoxy) is 1. The molecule has 5 nitrogen and oxygen atoms in total. The van der Waals surface area contributed by atoms with Crippen LogP contribution in [0.4, 0.5) is 0 Å². The zero-order valence-corrected chi connectivity index (χ0v) is 18.7. The summed E-state index contributed by atoms with van der Waals surface area (Å²) >= 11 is 0. The number of carboxylic acids is 1. The quantitative estimate of drug-likeness (QED) is 0.143. The van der Waals surface area contributed by atoms with Gasteiger partial charge >= 0.3 is 11.9 Å². The molecule has 0 bridgehead atoms. The van der Waals surface area contributed by atoms with Gasteiger partial charge in [0.15, 0.2) is 12.4 Å². The molecule has 0 heterocycles. The number of rotatable bonds is 20. The Morgan fingerprint density at radius 1 is 0.724 bits per heavy atom. The van der Waals surface area contributed by atoms with Crippen molar-refractivity contribution in [1.29, 1.82) is 0 Å². The molecule has 0 unspecified atom stereocenters. The fourth-order valence-electron chi connectivity index (χ4n) is 3.28. The van der Waals surface area contributed by atoms with Crippen molar-refractivity contribution in [1.82, 2.24) is 0 Å². The van der Waals surface area contributed by atoms with Crippen molar-refractivity contribution in [2.75, 3.05) is 6.61 Å². The van der Waals surface area contributed by atoms with Crippen LogP contribution in [0, 0.1) is 0 Å². The van der Waals surface area contributed by atoms with Crippen LogP contribution in [-0.2, 0) is 19.1 Å². The Kier molecular flexibility index (Phi) is 18.5. The summed E-state index contributed by atoms with van der Waals surface area (Å²) in [4.78, 5) is 33.7. The van der Waals surface area contributed by atoms with Crippen LogP contribution in [0.2, 0.25) is 0 Å². The average Bonchev–Trinajstić information content (AvgIpc) is 2.68. The molecule has 5 heteroatoms. The average molecular weight is 411 g/mol. The Morgan fingerprint density at radius 2 is 1.14 bits per heavy atom. The highest BCUT2D eigenvalue weighted by molar-refractivity contribution is 5.99. The molecule has 29 heavy (non-hydrogen) atoms. The maximum atomic E-state index is 11.8. The summed E-state index contributed by atoms with van der Waals surface area (Å²) < 4.78 is 4.54. The van der Waals surface area contributed by atoms with Crippen LogP contribution in [0.15, 0.2) is 11.6 Å². The molecule has 0 aliphatic carbocycles. The van der Waals surface area contributed by atoms with E-state index in [9.17, 15) is 14.4 Å². The predicted molar refractivity (Wildman–Crippen MR) is 117 cm³/mol. The maximum absolute atomic E-state index is 11.8. The highest BCUT2D eigenvalue weighted by Gasteiger charge is 2.10. The van der Waals surface area contributed by atoms with E-state index < -0.39 is 18.5 Å². The van der Waals surface area contributed by atoms with E-state index in [1.165, 1.54) is 90.0 Å². The van der Waals surface area contributed by atoms with Gasteiger partial charge in [0.25, 0.3) is 0 Å². The first-order valence-electron chi connectivity index (χ1n) is 11.6. The van der Waals surface area contributed by atoms with Gasteiger partial charge < -0.3 is 9.84 Å². The van der Waals surface area contributed by atoms with Crippen LogP contribution in [0.25, 0.3) is 0 Å². The lowest BCUT2D eigenvalue weighted by molar-refractivity contribution is -0.152.